The van der Waals surface area contributed by atoms with Crippen LogP contribution in [0, 0.1) is 11.6 Å². The lowest BCUT2D eigenvalue weighted by Gasteiger charge is -2.14. The van der Waals surface area contributed by atoms with Crippen LogP contribution < -0.4 is 21.5 Å². The van der Waals surface area contributed by atoms with Crippen molar-refractivity contribution < 1.29 is 13.6 Å². The van der Waals surface area contributed by atoms with Crippen molar-refractivity contribution in [1.82, 2.24) is 16.2 Å². The van der Waals surface area contributed by atoms with Crippen molar-refractivity contribution in [2.75, 3.05) is 5.32 Å². The molecule has 1 fully saturated rings. The largest absolute Gasteiger partial charge is 0.326 e. The molecule has 1 amide bonds. The van der Waals surface area contributed by atoms with Crippen molar-refractivity contribution >= 4 is 40.8 Å². The third kappa shape index (κ3) is 6.06. The molecule has 3 aromatic rings. The average Bonchev–Trinajstić information content (AvgIpc) is 3.24. The predicted octanol–water partition coefficient (Wildman–Crippen LogP) is 5.03. The monoisotopic (exact) mass is 489 g/mol. The Bertz CT molecular complexity index is 1170. The molecule has 0 aliphatic carbocycles. The quantitative estimate of drug-likeness (QED) is 0.306. The van der Waals surface area contributed by atoms with E-state index in [1.807, 2.05) is 30.3 Å². The molecule has 2 unspecified atom stereocenters. The zero-order chi connectivity index (χ0) is 23.4. The Labute approximate surface area is 199 Å². The fourth-order valence-corrected chi connectivity index (χ4v) is 3.70. The van der Waals surface area contributed by atoms with Gasteiger partial charge < -0.3 is 5.32 Å². The van der Waals surface area contributed by atoms with Gasteiger partial charge in [0.05, 0.1) is 5.02 Å². The molecule has 1 aliphatic rings. The van der Waals surface area contributed by atoms with E-state index in [-0.39, 0.29) is 33.3 Å². The Hall–Kier alpha value is -3.04. The Morgan fingerprint density at radius 3 is 2.52 bits per heavy atom. The zero-order valence-corrected chi connectivity index (χ0v) is 18.6. The van der Waals surface area contributed by atoms with Crippen molar-refractivity contribution in [3.63, 3.8) is 0 Å². The van der Waals surface area contributed by atoms with Crippen LogP contribution in [0.2, 0.25) is 10.0 Å². The van der Waals surface area contributed by atoms with Crippen molar-refractivity contribution in [1.29, 1.82) is 0 Å². The second-order valence-corrected chi connectivity index (χ2v) is 8.19. The van der Waals surface area contributed by atoms with Crippen LogP contribution in [0.25, 0.3) is 0 Å². The van der Waals surface area contributed by atoms with Crippen LogP contribution in [-0.4, -0.2) is 18.0 Å². The number of hydrogen-bond donors (Lipinski definition) is 4. The van der Waals surface area contributed by atoms with Gasteiger partial charge in [0.1, 0.15) is 17.8 Å². The van der Waals surface area contributed by atoms with Gasteiger partial charge >= 0.3 is 0 Å². The summed E-state index contributed by atoms with van der Waals surface area (Å²) in [4.78, 5) is 17.3. The summed E-state index contributed by atoms with van der Waals surface area (Å²) in [6.07, 6.45) is 0.175. The molecule has 1 heterocycles. The lowest BCUT2D eigenvalue weighted by molar-refractivity contribution is 0.0976. The summed E-state index contributed by atoms with van der Waals surface area (Å²) in [6.45, 7) is 0. The summed E-state index contributed by atoms with van der Waals surface area (Å²) < 4.78 is 27.6. The van der Waals surface area contributed by atoms with Crippen LogP contribution >= 0.6 is 23.2 Å². The summed E-state index contributed by atoms with van der Waals surface area (Å²) >= 11 is 11.6. The molecule has 33 heavy (non-hydrogen) atoms. The lowest BCUT2D eigenvalue weighted by Crippen LogP contribution is -2.39. The van der Waals surface area contributed by atoms with Crippen LogP contribution in [-0.2, 0) is 0 Å². The number of hydrogen-bond acceptors (Lipinski definition) is 4. The van der Waals surface area contributed by atoms with Crippen molar-refractivity contribution in [3.05, 3.63) is 99.5 Å². The average molecular weight is 490 g/mol. The van der Waals surface area contributed by atoms with Gasteiger partial charge in [0.2, 0.25) is 5.96 Å². The molecule has 0 aromatic heterocycles. The number of carbonyl (C=O) groups excluding carboxylic acids is 1. The van der Waals surface area contributed by atoms with Crippen molar-refractivity contribution in [2.45, 2.75) is 18.6 Å². The van der Waals surface area contributed by atoms with Gasteiger partial charge in [0, 0.05) is 28.7 Å². The molecular formula is C23H19Cl2F2N5O. The topological polar surface area (TPSA) is 77.5 Å². The Balaban J connectivity index is 1.56. The highest BCUT2D eigenvalue weighted by Gasteiger charge is 2.25. The first-order chi connectivity index (χ1) is 15.9. The second kappa shape index (κ2) is 10.3. The molecule has 3 aromatic carbocycles. The third-order valence-electron chi connectivity index (χ3n) is 4.91. The summed E-state index contributed by atoms with van der Waals surface area (Å²) in [5, 5.41) is 5.56. The number of rotatable bonds is 4. The van der Waals surface area contributed by atoms with Crippen LogP contribution in [0.4, 0.5) is 14.5 Å². The SMILES string of the molecule is O=C(NC(=NC1CC(c2ccccc2)NN1)Nc1cc(F)cc(Cl)c1)c1ccc(Cl)c(F)c1. The first-order valence-corrected chi connectivity index (χ1v) is 10.8. The molecule has 170 valence electrons. The van der Waals surface area contributed by atoms with Crippen LogP contribution in [0.15, 0.2) is 71.7 Å². The van der Waals surface area contributed by atoms with Gasteiger partial charge in [-0.2, -0.15) is 0 Å². The molecule has 0 radical (unpaired) electrons. The Morgan fingerprint density at radius 1 is 1.00 bits per heavy atom. The highest BCUT2D eigenvalue weighted by Crippen LogP contribution is 2.23. The van der Waals surface area contributed by atoms with E-state index < -0.39 is 23.7 Å². The van der Waals surface area contributed by atoms with Gasteiger partial charge in [-0.1, -0.05) is 53.5 Å². The molecular weight excluding hydrogens is 471 g/mol. The molecule has 6 nitrogen and oxygen atoms in total. The summed E-state index contributed by atoms with van der Waals surface area (Å²) in [7, 11) is 0. The maximum Gasteiger partial charge on any atom is 0.258 e. The molecule has 2 atom stereocenters. The fourth-order valence-electron chi connectivity index (χ4n) is 3.36. The smallest absolute Gasteiger partial charge is 0.258 e. The molecule has 0 bridgehead atoms. The van der Waals surface area contributed by atoms with Gasteiger partial charge in [-0.3, -0.25) is 10.1 Å². The van der Waals surface area contributed by atoms with Crippen molar-refractivity contribution in [2.24, 2.45) is 4.99 Å². The van der Waals surface area contributed by atoms with Crippen LogP contribution in [0.3, 0.4) is 0 Å². The van der Waals surface area contributed by atoms with Gasteiger partial charge in [-0.25, -0.2) is 24.6 Å². The van der Waals surface area contributed by atoms with Crippen LogP contribution in [0.1, 0.15) is 28.4 Å². The summed E-state index contributed by atoms with van der Waals surface area (Å²) in [5.41, 5.74) is 7.64. The Morgan fingerprint density at radius 2 is 1.79 bits per heavy atom. The van der Waals surface area contributed by atoms with E-state index in [1.54, 1.807) is 0 Å². The minimum Gasteiger partial charge on any atom is -0.326 e. The molecule has 4 N–H and O–H groups in total. The number of anilines is 1. The van der Waals surface area contributed by atoms with Gasteiger partial charge in [-0.15, -0.1) is 0 Å². The van der Waals surface area contributed by atoms with E-state index in [9.17, 15) is 13.6 Å². The van der Waals surface area contributed by atoms with E-state index in [1.165, 1.54) is 24.3 Å². The first-order valence-electron chi connectivity index (χ1n) is 10.0. The fraction of sp³-hybridized carbons (Fsp3) is 0.130. The Kier molecular flexibility index (Phi) is 7.20. The second-order valence-electron chi connectivity index (χ2n) is 7.35. The maximum absolute atomic E-state index is 13.8. The molecule has 10 heteroatoms. The number of carbonyl (C=O) groups is 1. The van der Waals surface area contributed by atoms with Crippen LogP contribution in [0.5, 0.6) is 0 Å². The van der Waals surface area contributed by atoms with Gasteiger partial charge in [0.15, 0.2) is 0 Å². The minimum atomic E-state index is -0.722. The highest BCUT2D eigenvalue weighted by molar-refractivity contribution is 6.31. The van der Waals surface area contributed by atoms with E-state index in [2.05, 4.69) is 26.5 Å². The number of nitrogens with one attached hydrogen (secondary N) is 4. The van der Waals surface area contributed by atoms with Gasteiger partial charge in [0.25, 0.3) is 5.91 Å². The number of amides is 1. The highest BCUT2D eigenvalue weighted by atomic mass is 35.5. The lowest BCUT2D eigenvalue weighted by atomic mass is 10.1. The third-order valence-corrected chi connectivity index (χ3v) is 5.43. The zero-order valence-electron chi connectivity index (χ0n) is 17.1. The predicted molar refractivity (Wildman–Crippen MR) is 125 cm³/mol. The molecule has 1 aliphatic heterocycles. The first kappa shape index (κ1) is 23.1. The van der Waals surface area contributed by atoms with E-state index >= 15 is 0 Å². The summed E-state index contributed by atoms with van der Waals surface area (Å²) in [6, 6.07) is 17.4. The number of aliphatic imine (C=N–C) groups is 1. The maximum atomic E-state index is 13.8. The number of halogens is 4. The van der Waals surface area contributed by atoms with E-state index in [0.29, 0.717) is 6.42 Å². The molecule has 0 saturated carbocycles. The number of benzene rings is 3. The molecule has 4 rings (SSSR count). The minimum absolute atomic E-state index is 0.00544. The summed E-state index contributed by atoms with van der Waals surface area (Å²) in [5.74, 6) is -1.87. The van der Waals surface area contributed by atoms with Crippen molar-refractivity contribution in [3.8, 4) is 0 Å². The van der Waals surface area contributed by atoms with E-state index in [0.717, 1.165) is 17.7 Å². The van der Waals surface area contributed by atoms with Gasteiger partial charge in [-0.05, 0) is 42.0 Å². The normalized spacial score (nSPS) is 18.2. The molecule has 0 spiro atoms. The molecule has 1 saturated heterocycles. The number of guanidine groups is 1. The number of nitrogens with zero attached hydrogens (tertiary/aromatic N) is 1. The van der Waals surface area contributed by atoms with E-state index in [4.69, 9.17) is 23.2 Å². The standard InChI is InChI=1S/C23H19Cl2F2N5O/c24-15-9-16(26)11-17(10-15)28-23(30-22(33)14-6-7-18(25)19(27)8-14)29-21-12-20(31-32-21)13-4-2-1-3-5-13/h1-11,20-21,31-32H,12H2,(H2,28,29,30,33). The number of hydrazine groups is 1.